The molecular weight excluding hydrogens is 522 g/mol. The third kappa shape index (κ3) is 5.84. The lowest BCUT2D eigenvalue weighted by Crippen LogP contribution is -2.36. The Bertz CT molecular complexity index is 1530. The molecule has 0 saturated carbocycles. The molecule has 1 amide bonds. The predicted molar refractivity (Wildman–Crippen MR) is 152 cm³/mol. The van der Waals surface area contributed by atoms with E-state index in [1.165, 1.54) is 0 Å². The molecule has 6 rings (SSSR count). The predicted octanol–water partition coefficient (Wildman–Crippen LogP) is 4.06. The van der Waals surface area contributed by atoms with Crippen LogP contribution >= 0.6 is 0 Å². The van der Waals surface area contributed by atoms with Crippen molar-refractivity contribution < 1.29 is 13.9 Å². The lowest BCUT2D eigenvalue weighted by Gasteiger charge is -2.26. The summed E-state index contributed by atoms with van der Waals surface area (Å²) < 4.78 is 11.4. The average molecular weight is 558 g/mol. The maximum Gasteiger partial charge on any atom is 0.309 e. The number of ether oxygens (including phenoxy) is 1. The standard InChI is InChI=1S/C29H35N9O3/c1-17-24(14-31-35-17)34-28-30-10-7-22(33-28)18-5-6-21-19(13-18)15-38(20-9-12-40-16-20)11-8-23(21)32-25(39)26-36-37-27(41-26)29(2,3)4/h5-7,10,13-14,20,23H,8-9,11-12,15-16H2,1-4H3,(H,31,35)(H,32,39)(H,30,33,34)/t20-,23-/m0/s1. The van der Waals surface area contributed by atoms with E-state index in [-0.39, 0.29) is 23.3 Å². The lowest BCUT2D eigenvalue weighted by molar-refractivity contribution is 0.0891. The number of fused-ring (bicyclic) bond motifs is 1. The maximum atomic E-state index is 13.2. The van der Waals surface area contributed by atoms with Crippen LogP contribution in [0.15, 0.2) is 41.1 Å². The van der Waals surface area contributed by atoms with Crippen molar-refractivity contribution in [1.82, 2.24) is 40.6 Å². The number of aryl methyl sites for hydroxylation is 1. The summed E-state index contributed by atoms with van der Waals surface area (Å²) >= 11 is 0. The van der Waals surface area contributed by atoms with Crippen molar-refractivity contribution in [2.45, 2.75) is 64.6 Å². The summed E-state index contributed by atoms with van der Waals surface area (Å²) in [6.07, 6.45) is 5.20. The van der Waals surface area contributed by atoms with Crippen molar-refractivity contribution in [1.29, 1.82) is 0 Å². The van der Waals surface area contributed by atoms with Gasteiger partial charge in [0.1, 0.15) is 0 Å². The molecule has 5 heterocycles. The van der Waals surface area contributed by atoms with E-state index in [2.05, 4.69) is 53.0 Å². The van der Waals surface area contributed by atoms with E-state index < -0.39 is 0 Å². The number of aromatic nitrogens is 6. The van der Waals surface area contributed by atoms with Crippen molar-refractivity contribution >= 4 is 17.5 Å². The van der Waals surface area contributed by atoms with Gasteiger partial charge in [0.2, 0.25) is 11.8 Å². The van der Waals surface area contributed by atoms with E-state index >= 15 is 0 Å². The largest absolute Gasteiger partial charge is 0.416 e. The van der Waals surface area contributed by atoms with Crippen LogP contribution in [0.4, 0.5) is 11.6 Å². The zero-order chi connectivity index (χ0) is 28.6. The molecule has 0 radical (unpaired) electrons. The van der Waals surface area contributed by atoms with Crippen molar-refractivity contribution in [2.24, 2.45) is 0 Å². The fourth-order valence-corrected chi connectivity index (χ4v) is 5.28. The number of aromatic amines is 1. The van der Waals surface area contributed by atoms with E-state index in [9.17, 15) is 4.79 Å². The lowest BCUT2D eigenvalue weighted by atomic mass is 9.96. The number of carbonyl (C=O) groups excluding carboxylic acids is 1. The topological polar surface area (TPSA) is 147 Å². The zero-order valence-electron chi connectivity index (χ0n) is 23.8. The Labute approximate surface area is 238 Å². The number of rotatable bonds is 6. The van der Waals surface area contributed by atoms with Crippen molar-refractivity contribution in [3.63, 3.8) is 0 Å². The fraction of sp³-hybridized carbons (Fsp3) is 0.448. The molecule has 0 bridgehead atoms. The SMILES string of the molecule is Cc1[nH]ncc1Nc1nccc(-c2ccc3c(c2)CN([C@H]2CCOC2)CC[C@@H]3NC(=O)c2nnc(C(C)(C)C)o2)n1. The number of carbonyl (C=O) groups is 1. The first kappa shape index (κ1) is 27.0. The number of amides is 1. The molecule has 41 heavy (non-hydrogen) atoms. The van der Waals surface area contributed by atoms with Crippen LogP contribution in [0, 0.1) is 6.92 Å². The van der Waals surface area contributed by atoms with Crippen molar-refractivity contribution in [3.05, 3.63) is 65.3 Å². The van der Waals surface area contributed by atoms with E-state index in [4.69, 9.17) is 14.1 Å². The van der Waals surface area contributed by atoms with Gasteiger partial charge in [-0.05, 0) is 43.0 Å². The molecule has 1 aromatic carbocycles. The first-order valence-corrected chi connectivity index (χ1v) is 13.9. The summed E-state index contributed by atoms with van der Waals surface area (Å²) in [7, 11) is 0. The highest BCUT2D eigenvalue weighted by Gasteiger charge is 2.31. The van der Waals surface area contributed by atoms with Crippen LogP contribution in [0.25, 0.3) is 11.3 Å². The minimum atomic E-state index is -0.369. The van der Waals surface area contributed by atoms with Crippen LogP contribution in [0.5, 0.6) is 0 Å². The molecule has 3 N–H and O–H groups in total. The minimum absolute atomic E-state index is 0.0211. The van der Waals surface area contributed by atoms with Gasteiger partial charge in [0, 0.05) is 42.9 Å². The molecule has 0 unspecified atom stereocenters. The molecule has 12 nitrogen and oxygen atoms in total. The third-order valence-electron chi connectivity index (χ3n) is 7.61. The number of hydrogen-bond donors (Lipinski definition) is 3. The van der Waals surface area contributed by atoms with Crippen LogP contribution in [-0.4, -0.2) is 67.0 Å². The molecule has 214 valence electrons. The first-order chi connectivity index (χ1) is 19.7. The highest BCUT2D eigenvalue weighted by molar-refractivity contribution is 5.89. The summed E-state index contributed by atoms with van der Waals surface area (Å²) in [6, 6.07) is 8.34. The Kier molecular flexibility index (Phi) is 7.26. The van der Waals surface area contributed by atoms with Gasteiger partial charge in [0.15, 0.2) is 0 Å². The van der Waals surface area contributed by atoms with Gasteiger partial charge in [-0.2, -0.15) is 5.10 Å². The van der Waals surface area contributed by atoms with Crippen LogP contribution in [-0.2, 0) is 16.7 Å². The van der Waals surface area contributed by atoms with Gasteiger partial charge in [-0.15, -0.1) is 10.2 Å². The van der Waals surface area contributed by atoms with Crippen molar-refractivity contribution in [3.8, 4) is 11.3 Å². The maximum absolute atomic E-state index is 13.2. The molecule has 2 aliphatic heterocycles. The van der Waals surface area contributed by atoms with Crippen LogP contribution in [0.2, 0.25) is 0 Å². The normalized spacial score (nSPS) is 19.5. The van der Waals surface area contributed by atoms with E-state index in [1.807, 2.05) is 39.8 Å². The summed E-state index contributed by atoms with van der Waals surface area (Å²) in [5.41, 5.74) is 5.37. The second-order valence-corrected chi connectivity index (χ2v) is 11.7. The Morgan fingerprint density at radius 1 is 1.17 bits per heavy atom. The fourth-order valence-electron chi connectivity index (χ4n) is 5.28. The van der Waals surface area contributed by atoms with Gasteiger partial charge in [-0.1, -0.05) is 32.9 Å². The Morgan fingerprint density at radius 3 is 2.78 bits per heavy atom. The highest BCUT2D eigenvalue weighted by Crippen LogP contribution is 2.33. The Morgan fingerprint density at radius 2 is 2.05 bits per heavy atom. The number of nitrogens with zero attached hydrogens (tertiary/aromatic N) is 6. The van der Waals surface area contributed by atoms with Gasteiger partial charge < -0.3 is 19.8 Å². The molecule has 2 atom stereocenters. The minimum Gasteiger partial charge on any atom is -0.416 e. The van der Waals surface area contributed by atoms with Crippen LogP contribution in [0.1, 0.15) is 73.1 Å². The number of H-pyrrole nitrogens is 1. The second kappa shape index (κ2) is 11.0. The quantitative estimate of drug-likeness (QED) is 0.317. The number of hydrogen-bond acceptors (Lipinski definition) is 10. The smallest absolute Gasteiger partial charge is 0.309 e. The number of nitrogens with one attached hydrogen (secondary N) is 3. The zero-order valence-corrected chi connectivity index (χ0v) is 23.8. The summed E-state index contributed by atoms with van der Waals surface area (Å²) in [6.45, 7) is 10.9. The van der Waals surface area contributed by atoms with E-state index in [0.717, 1.165) is 72.9 Å². The number of anilines is 2. The molecule has 12 heteroatoms. The molecule has 3 aromatic heterocycles. The van der Waals surface area contributed by atoms with Crippen molar-refractivity contribution in [2.75, 3.05) is 25.1 Å². The van der Waals surface area contributed by atoms with E-state index in [1.54, 1.807) is 12.4 Å². The van der Waals surface area contributed by atoms with Gasteiger partial charge in [-0.3, -0.25) is 14.8 Å². The van der Waals surface area contributed by atoms with Crippen LogP contribution < -0.4 is 10.6 Å². The second-order valence-electron chi connectivity index (χ2n) is 11.7. The average Bonchev–Trinajstić information content (AvgIpc) is 3.72. The van der Waals surface area contributed by atoms with Gasteiger partial charge in [0.05, 0.1) is 35.9 Å². The summed E-state index contributed by atoms with van der Waals surface area (Å²) in [4.78, 5) is 24.8. The van der Waals surface area contributed by atoms with E-state index in [0.29, 0.717) is 17.9 Å². The Balaban J connectivity index is 1.29. The molecule has 4 aromatic rings. The van der Waals surface area contributed by atoms with Gasteiger partial charge in [0.25, 0.3) is 0 Å². The summed E-state index contributed by atoms with van der Waals surface area (Å²) in [5.74, 6) is 0.535. The van der Waals surface area contributed by atoms with Gasteiger partial charge >= 0.3 is 11.8 Å². The molecular formula is C29H35N9O3. The van der Waals surface area contributed by atoms with Crippen LogP contribution in [0.3, 0.4) is 0 Å². The summed E-state index contributed by atoms with van der Waals surface area (Å²) in [5, 5.41) is 21.5. The molecule has 0 aliphatic carbocycles. The third-order valence-corrected chi connectivity index (χ3v) is 7.61. The highest BCUT2D eigenvalue weighted by atomic mass is 16.5. The first-order valence-electron chi connectivity index (χ1n) is 13.9. The molecule has 1 fully saturated rings. The molecule has 0 spiro atoms. The van der Waals surface area contributed by atoms with Gasteiger partial charge in [-0.25, -0.2) is 9.97 Å². The molecule has 2 aliphatic rings. The molecule has 1 saturated heterocycles. The number of benzene rings is 1. The monoisotopic (exact) mass is 557 g/mol. The Hall–Kier alpha value is -4.16.